The Balaban J connectivity index is 1.51. The largest absolute Gasteiger partial charge is 0.343 e. The van der Waals surface area contributed by atoms with Crippen LogP contribution in [0.25, 0.3) is 10.9 Å². The number of hydrogen-bond acceptors (Lipinski definition) is 4. The first-order chi connectivity index (χ1) is 12.0. The number of aromatic nitrogens is 2. The normalized spacial score (nSPS) is 16.2. The number of carbonyl (C=O) groups is 1. The maximum absolute atomic E-state index is 12.4. The zero-order valence-electron chi connectivity index (χ0n) is 14.0. The Bertz CT molecular complexity index is 867. The van der Waals surface area contributed by atoms with Crippen LogP contribution in [0.2, 0.25) is 0 Å². The number of rotatable bonds is 6. The zero-order valence-corrected chi connectivity index (χ0v) is 14.8. The van der Waals surface area contributed by atoms with Gasteiger partial charge in [-0.3, -0.25) is 9.48 Å². The van der Waals surface area contributed by atoms with Gasteiger partial charge in [-0.25, -0.2) is 13.1 Å². The molecule has 0 radical (unpaired) electrons. The molecule has 0 spiro atoms. The summed E-state index contributed by atoms with van der Waals surface area (Å²) in [4.78, 5) is 14.2. The monoisotopic (exact) mass is 362 g/mol. The molecule has 0 aliphatic carbocycles. The van der Waals surface area contributed by atoms with Crippen LogP contribution in [0, 0.1) is 0 Å². The molecule has 0 unspecified atom stereocenters. The topological polar surface area (TPSA) is 84.3 Å². The number of aryl methyl sites for hydroxylation is 1. The lowest BCUT2D eigenvalue weighted by molar-refractivity contribution is -0.132. The van der Waals surface area contributed by atoms with Gasteiger partial charge in [0.1, 0.15) is 0 Å². The van der Waals surface area contributed by atoms with Crippen LogP contribution in [0.5, 0.6) is 0 Å². The molecule has 25 heavy (non-hydrogen) atoms. The Morgan fingerprint density at radius 2 is 2.04 bits per heavy atom. The van der Waals surface area contributed by atoms with Crippen molar-refractivity contribution in [1.29, 1.82) is 0 Å². The van der Waals surface area contributed by atoms with E-state index in [1.54, 1.807) is 11.1 Å². The van der Waals surface area contributed by atoms with Crippen molar-refractivity contribution in [1.82, 2.24) is 19.4 Å². The smallest absolute Gasteiger partial charge is 0.233 e. The second kappa shape index (κ2) is 7.37. The maximum Gasteiger partial charge on any atom is 0.233 e. The fourth-order valence-corrected chi connectivity index (χ4v) is 3.89. The molecule has 7 nitrogen and oxygen atoms in total. The molecule has 1 saturated heterocycles. The summed E-state index contributed by atoms with van der Waals surface area (Å²) in [7, 11) is -3.42. The van der Waals surface area contributed by atoms with Crippen LogP contribution in [0.3, 0.4) is 0 Å². The van der Waals surface area contributed by atoms with E-state index in [0.29, 0.717) is 38.9 Å². The Morgan fingerprint density at radius 1 is 1.32 bits per heavy atom. The number of sulfonamides is 1. The van der Waals surface area contributed by atoms with E-state index in [2.05, 4.69) is 16.4 Å². The summed E-state index contributed by atoms with van der Waals surface area (Å²) < 4.78 is 27.4. The third-order valence-electron chi connectivity index (χ3n) is 4.49. The van der Waals surface area contributed by atoms with Crippen LogP contribution in [0.15, 0.2) is 42.4 Å². The molecule has 134 valence electrons. The Hall–Kier alpha value is -2.19. The van der Waals surface area contributed by atoms with Crippen molar-refractivity contribution in [3.63, 3.8) is 0 Å². The van der Waals surface area contributed by atoms with Crippen molar-refractivity contribution in [3.05, 3.63) is 42.4 Å². The Kier molecular flexibility index (Phi) is 5.19. The summed E-state index contributed by atoms with van der Waals surface area (Å²) in [5, 5.41) is 6.31. The number of hydrogen-bond donors (Lipinski definition) is 1. The minimum absolute atomic E-state index is 0.0737. The average molecular weight is 362 g/mol. The van der Waals surface area contributed by atoms with Gasteiger partial charge in [-0.05, 0) is 18.9 Å². The van der Waals surface area contributed by atoms with Gasteiger partial charge in [0.25, 0.3) is 0 Å². The van der Waals surface area contributed by atoms with Gasteiger partial charge in [0, 0.05) is 36.3 Å². The van der Waals surface area contributed by atoms with Crippen LogP contribution >= 0.6 is 0 Å². The second-order valence-electron chi connectivity index (χ2n) is 6.16. The minimum Gasteiger partial charge on any atom is -0.343 e. The quantitative estimate of drug-likeness (QED) is 0.844. The Morgan fingerprint density at radius 3 is 2.76 bits per heavy atom. The number of nitrogens with zero attached hydrogens (tertiary/aromatic N) is 3. The van der Waals surface area contributed by atoms with Gasteiger partial charge in [0.2, 0.25) is 15.9 Å². The number of para-hydroxylation sites is 1. The number of carbonyl (C=O) groups excluding carboxylic acids is 1. The van der Waals surface area contributed by atoms with E-state index in [1.807, 2.05) is 28.9 Å². The van der Waals surface area contributed by atoms with Gasteiger partial charge in [-0.15, -0.1) is 0 Å². The predicted octanol–water partition coefficient (Wildman–Crippen LogP) is 1.48. The van der Waals surface area contributed by atoms with Crippen molar-refractivity contribution in [2.45, 2.75) is 31.8 Å². The molecule has 2 aromatic rings. The van der Waals surface area contributed by atoms with Crippen molar-refractivity contribution in [2.24, 2.45) is 0 Å². The van der Waals surface area contributed by atoms with Gasteiger partial charge >= 0.3 is 0 Å². The van der Waals surface area contributed by atoms with E-state index < -0.39 is 10.0 Å². The first-order valence-corrected chi connectivity index (χ1v) is 9.86. The molecule has 1 aliphatic heterocycles. The molecule has 0 bridgehead atoms. The molecular formula is C17H22N4O3S. The van der Waals surface area contributed by atoms with Crippen LogP contribution in [0.4, 0.5) is 0 Å². The minimum atomic E-state index is -3.42. The summed E-state index contributed by atoms with van der Waals surface area (Å²) in [6, 6.07) is 7.77. The summed E-state index contributed by atoms with van der Waals surface area (Å²) in [6.07, 6.45) is 3.42. The summed E-state index contributed by atoms with van der Waals surface area (Å²) in [5.41, 5.74) is 1.02. The van der Waals surface area contributed by atoms with E-state index >= 15 is 0 Å². The number of piperidine rings is 1. The van der Waals surface area contributed by atoms with Gasteiger partial charge < -0.3 is 4.90 Å². The number of likely N-dealkylation sites (tertiary alicyclic amines) is 1. The van der Waals surface area contributed by atoms with Crippen LogP contribution in [-0.2, 0) is 21.4 Å². The molecule has 1 amide bonds. The van der Waals surface area contributed by atoms with Crippen molar-refractivity contribution in [3.8, 4) is 0 Å². The fourth-order valence-electron chi connectivity index (χ4n) is 3.09. The van der Waals surface area contributed by atoms with Crippen molar-refractivity contribution in [2.75, 3.05) is 13.1 Å². The average Bonchev–Trinajstić information content (AvgIpc) is 3.03. The lowest BCUT2D eigenvalue weighted by Crippen LogP contribution is -2.46. The number of benzene rings is 1. The highest BCUT2D eigenvalue weighted by molar-refractivity contribution is 7.92. The summed E-state index contributed by atoms with van der Waals surface area (Å²) in [6.45, 7) is 4.94. The molecule has 1 fully saturated rings. The molecule has 1 N–H and O–H groups in total. The summed E-state index contributed by atoms with van der Waals surface area (Å²) >= 11 is 0. The lowest BCUT2D eigenvalue weighted by atomic mass is 10.1. The van der Waals surface area contributed by atoms with Crippen molar-refractivity contribution >= 4 is 26.8 Å². The fraction of sp³-hybridized carbons (Fsp3) is 0.412. The van der Waals surface area contributed by atoms with Crippen LogP contribution < -0.4 is 4.72 Å². The molecule has 1 aliphatic rings. The first-order valence-electron chi connectivity index (χ1n) is 8.31. The summed E-state index contributed by atoms with van der Waals surface area (Å²) in [5.74, 6) is 0.0737. The first kappa shape index (κ1) is 17.6. The Labute approximate surface area is 147 Å². The standard InChI is InChI=1S/C17H22N4O3S/c1-2-25(23,24)19-15-7-10-20(11-8-15)17(22)9-12-21-16-6-4-3-5-14(16)13-18-21/h2-6,13,15,19H,1,7-12H2. The van der Waals surface area contributed by atoms with Gasteiger partial charge in [-0.2, -0.15) is 5.10 Å². The molecule has 1 aromatic heterocycles. The molecule has 2 heterocycles. The third-order valence-corrected chi connectivity index (χ3v) is 5.59. The number of amides is 1. The highest BCUT2D eigenvalue weighted by atomic mass is 32.2. The molecular weight excluding hydrogens is 340 g/mol. The molecule has 0 atom stereocenters. The van der Waals surface area contributed by atoms with Gasteiger partial charge in [0.05, 0.1) is 18.3 Å². The van der Waals surface area contributed by atoms with Gasteiger partial charge in [0.15, 0.2) is 0 Å². The van der Waals surface area contributed by atoms with E-state index in [-0.39, 0.29) is 11.9 Å². The van der Waals surface area contributed by atoms with E-state index in [9.17, 15) is 13.2 Å². The molecule has 1 aromatic carbocycles. The van der Waals surface area contributed by atoms with E-state index in [1.165, 1.54) is 0 Å². The third kappa shape index (κ3) is 4.26. The predicted molar refractivity (Wildman–Crippen MR) is 96.2 cm³/mol. The van der Waals surface area contributed by atoms with Crippen molar-refractivity contribution < 1.29 is 13.2 Å². The maximum atomic E-state index is 12.4. The highest BCUT2D eigenvalue weighted by Gasteiger charge is 2.24. The molecule has 0 saturated carbocycles. The van der Waals surface area contributed by atoms with Crippen LogP contribution in [-0.4, -0.2) is 48.1 Å². The number of fused-ring (bicyclic) bond motifs is 1. The second-order valence-corrected chi connectivity index (χ2v) is 7.82. The van der Waals surface area contributed by atoms with Crippen LogP contribution in [0.1, 0.15) is 19.3 Å². The van der Waals surface area contributed by atoms with E-state index in [4.69, 9.17) is 0 Å². The number of nitrogens with one attached hydrogen (secondary N) is 1. The molecule has 8 heteroatoms. The SMILES string of the molecule is C=CS(=O)(=O)NC1CCN(C(=O)CCn2ncc3ccccc32)CC1. The van der Waals surface area contributed by atoms with Gasteiger partial charge in [-0.1, -0.05) is 24.8 Å². The zero-order chi connectivity index (χ0) is 17.9. The lowest BCUT2D eigenvalue weighted by Gasteiger charge is -2.32. The highest BCUT2D eigenvalue weighted by Crippen LogP contribution is 2.15. The molecule has 3 rings (SSSR count). The van der Waals surface area contributed by atoms with E-state index in [0.717, 1.165) is 16.3 Å².